The molecule has 1 N–H and O–H groups in total. The summed E-state index contributed by atoms with van der Waals surface area (Å²) < 4.78 is 5.52. The summed E-state index contributed by atoms with van der Waals surface area (Å²) in [6, 6.07) is 5.93. The predicted octanol–water partition coefficient (Wildman–Crippen LogP) is 4.07. The van der Waals surface area contributed by atoms with Crippen LogP contribution in [0.5, 0.6) is 5.75 Å². The largest absolute Gasteiger partial charge is 0.508 e. The van der Waals surface area contributed by atoms with Crippen molar-refractivity contribution in [1.82, 2.24) is 9.80 Å². The second-order valence-electron chi connectivity index (χ2n) is 8.85. The Labute approximate surface area is 156 Å². The molecular weight excluding hydrogens is 328 g/mol. The number of carbonyl (C=O) groups is 1. The Bertz CT molecular complexity index is 658. The highest BCUT2D eigenvalue weighted by atomic mass is 16.6. The van der Waals surface area contributed by atoms with E-state index in [1.165, 1.54) is 12.8 Å². The van der Waals surface area contributed by atoms with Gasteiger partial charge in [-0.05, 0) is 71.6 Å². The molecule has 26 heavy (non-hydrogen) atoms. The van der Waals surface area contributed by atoms with Crippen molar-refractivity contribution in [3.05, 3.63) is 29.3 Å². The van der Waals surface area contributed by atoms with E-state index in [0.717, 1.165) is 50.1 Å². The van der Waals surface area contributed by atoms with E-state index in [2.05, 4.69) is 11.0 Å². The molecule has 2 fully saturated rings. The first-order valence-corrected chi connectivity index (χ1v) is 9.70. The molecular formula is C21H32N2O3. The highest BCUT2D eigenvalue weighted by Crippen LogP contribution is 2.40. The molecule has 0 bridgehead atoms. The molecule has 1 spiro atoms. The number of aryl methyl sites for hydroxylation is 1. The normalized spacial score (nSPS) is 20.5. The van der Waals surface area contributed by atoms with Crippen molar-refractivity contribution in [1.29, 1.82) is 0 Å². The molecule has 1 aromatic carbocycles. The maximum absolute atomic E-state index is 12.3. The number of hydrogen-bond acceptors (Lipinski definition) is 4. The number of phenolic OH excluding ortho intramolecular Hbond substituents is 1. The fourth-order valence-corrected chi connectivity index (χ4v) is 4.25. The standard InChI is InChI=1S/C21H32N2O3/c1-16-6-7-17(18(24)14-16)15-23-11-5-8-21(23)9-12-22(13-10-21)19(25)26-20(2,3)4/h6-7,14,24H,5,8-13,15H2,1-4H3. The summed E-state index contributed by atoms with van der Waals surface area (Å²) in [7, 11) is 0. The van der Waals surface area contributed by atoms with Gasteiger partial charge in [-0.3, -0.25) is 4.90 Å². The maximum Gasteiger partial charge on any atom is 0.410 e. The lowest BCUT2D eigenvalue weighted by atomic mass is 9.85. The van der Waals surface area contributed by atoms with Gasteiger partial charge >= 0.3 is 6.09 Å². The number of carbonyl (C=O) groups excluding carboxylic acids is 1. The van der Waals surface area contributed by atoms with Gasteiger partial charge in [-0.2, -0.15) is 0 Å². The number of piperidine rings is 1. The monoisotopic (exact) mass is 360 g/mol. The third kappa shape index (κ3) is 4.14. The molecule has 2 aliphatic rings. The number of rotatable bonds is 2. The van der Waals surface area contributed by atoms with E-state index in [1.807, 2.05) is 44.7 Å². The molecule has 0 aliphatic carbocycles. The molecule has 144 valence electrons. The van der Waals surface area contributed by atoms with Gasteiger partial charge in [0, 0.05) is 30.7 Å². The third-order valence-electron chi connectivity index (χ3n) is 5.69. The predicted molar refractivity (Wildman–Crippen MR) is 102 cm³/mol. The smallest absolute Gasteiger partial charge is 0.410 e. The van der Waals surface area contributed by atoms with Crippen molar-refractivity contribution in [3.8, 4) is 5.75 Å². The first-order valence-electron chi connectivity index (χ1n) is 9.70. The fraction of sp³-hybridized carbons (Fsp3) is 0.667. The molecule has 3 rings (SSSR count). The van der Waals surface area contributed by atoms with Crippen LogP contribution in [0.2, 0.25) is 0 Å². The van der Waals surface area contributed by atoms with Gasteiger partial charge in [0.1, 0.15) is 11.4 Å². The average Bonchev–Trinajstić information content (AvgIpc) is 2.91. The molecule has 2 aliphatic heterocycles. The summed E-state index contributed by atoms with van der Waals surface area (Å²) >= 11 is 0. The van der Waals surface area contributed by atoms with E-state index >= 15 is 0 Å². The van der Waals surface area contributed by atoms with Gasteiger partial charge < -0.3 is 14.7 Å². The second kappa shape index (κ2) is 7.10. The molecule has 2 heterocycles. The first kappa shape index (κ1) is 19.0. The molecule has 1 amide bonds. The van der Waals surface area contributed by atoms with Gasteiger partial charge in [0.05, 0.1) is 0 Å². The first-order chi connectivity index (χ1) is 12.2. The van der Waals surface area contributed by atoms with Gasteiger partial charge in [-0.1, -0.05) is 12.1 Å². The Kier molecular flexibility index (Phi) is 5.20. The van der Waals surface area contributed by atoms with Crippen molar-refractivity contribution in [2.75, 3.05) is 19.6 Å². The summed E-state index contributed by atoms with van der Waals surface area (Å²) in [4.78, 5) is 16.7. The number of aromatic hydroxyl groups is 1. The Morgan fingerprint density at radius 3 is 2.50 bits per heavy atom. The highest BCUT2D eigenvalue weighted by Gasteiger charge is 2.44. The SMILES string of the molecule is Cc1ccc(CN2CCCC23CCN(C(=O)OC(C)(C)C)CC3)c(O)c1. The van der Waals surface area contributed by atoms with Gasteiger partial charge in [0.2, 0.25) is 0 Å². The van der Waals surface area contributed by atoms with Crippen molar-refractivity contribution in [2.45, 2.75) is 71.1 Å². The van der Waals surface area contributed by atoms with Crippen LogP contribution in [-0.2, 0) is 11.3 Å². The molecule has 5 nitrogen and oxygen atoms in total. The Morgan fingerprint density at radius 1 is 1.19 bits per heavy atom. The minimum absolute atomic E-state index is 0.149. The van der Waals surface area contributed by atoms with Crippen LogP contribution in [0.3, 0.4) is 0 Å². The minimum atomic E-state index is -0.450. The Hall–Kier alpha value is -1.75. The lowest BCUT2D eigenvalue weighted by molar-refractivity contribution is 0.00158. The highest BCUT2D eigenvalue weighted by molar-refractivity contribution is 5.68. The van der Waals surface area contributed by atoms with Crippen molar-refractivity contribution < 1.29 is 14.6 Å². The van der Waals surface area contributed by atoms with Crippen LogP contribution in [0.15, 0.2) is 18.2 Å². The summed E-state index contributed by atoms with van der Waals surface area (Å²) in [5.41, 5.74) is 1.77. The Morgan fingerprint density at radius 2 is 1.88 bits per heavy atom. The minimum Gasteiger partial charge on any atom is -0.508 e. The maximum atomic E-state index is 12.3. The van der Waals surface area contributed by atoms with Crippen LogP contribution >= 0.6 is 0 Å². The topological polar surface area (TPSA) is 53.0 Å². The van der Waals surface area contributed by atoms with Crippen LogP contribution in [-0.4, -0.2) is 51.8 Å². The number of amides is 1. The lowest BCUT2D eigenvalue weighted by Crippen LogP contribution is -2.53. The number of likely N-dealkylation sites (tertiary alicyclic amines) is 2. The van der Waals surface area contributed by atoms with Crippen LogP contribution in [0.1, 0.15) is 57.6 Å². The van der Waals surface area contributed by atoms with E-state index in [0.29, 0.717) is 5.75 Å². The third-order valence-corrected chi connectivity index (χ3v) is 5.69. The summed E-state index contributed by atoms with van der Waals surface area (Å²) in [5.74, 6) is 0.387. The molecule has 0 unspecified atom stereocenters. The van der Waals surface area contributed by atoms with Crippen LogP contribution in [0.25, 0.3) is 0 Å². The quantitative estimate of drug-likeness (QED) is 0.864. The van der Waals surface area contributed by atoms with E-state index in [1.54, 1.807) is 0 Å². The Balaban J connectivity index is 1.64. The molecule has 0 saturated carbocycles. The van der Waals surface area contributed by atoms with E-state index in [4.69, 9.17) is 4.74 Å². The van der Waals surface area contributed by atoms with Crippen molar-refractivity contribution in [3.63, 3.8) is 0 Å². The number of phenols is 1. The zero-order chi connectivity index (χ0) is 18.9. The molecule has 0 aromatic heterocycles. The zero-order valence-electron chi connectivity index (χ0n) is 16.5. The number of hydrogen-bond donors (Lipinski definition) is 1. The van der Waals surface area contributed by atoms with Gasteiger partial charge in [0.15, 0.2) is 0 Å². The molecule has 0 atom stereocenters. The lowest BCUT2D eigenvalue weighted by Gasteiger charge is -2.45. The van der Waals surface area contributed by atoms with Crippen LogP contribution in [0, 0.1) is 6.92 Å². The van der Waals surface area contributed by atoms with E-state index in [9.17, 15) is 9.90 Å². The van der Waals surface area contributed by atoms with Crippen molar-refractivity contribution in [2.24, 2.45) is 0 Å². The fourth-order valence-electron chi connectivity index (χ4n) is 4.25. The summed E-state index contributed by atoms with van der Waals surface area (Å²) in [5, 5.41) is 10.3. The molecule has 0 radical (unpaired) electrons. The number of benzene rings is 1. The van der Waals surface area contributed by atoms with Crippen molar-refractivity contribution >= 4 is 6.09 Å². The summed E-state index contributed by atoms with van der Waals surface area (Å²) in [6.45, 7) is 11.0. The van der Waals surface area contributed by atoms with E-state index in [-0.39, 0.29) is 11.6 Å². The molecule has 2 saturated heterocycles. The second-order valence-corrected chi connectivity index (χ2v) is 8.85. The van der Waals surface area contributed by atoms with Gasteiger partial charge in [0.25, 0.3) is 0 Å². The summed E-state index contributed by atoms with van der Waals surface area (Å²) in [6.07, 6.45) is 4.09. The van der Waals surface area contributed by atoms with Gasteiger partial charge in [-0.15, -0.1) is 0 Å². The number of ether oxygens (including phenoxy) is 1. The van der Waals surface area contributed by atoms with Crippen LogP contribution < -0.4 is 0 Å². The van der Waals surface area contributed by atoms with Gasteiger partial charge in [-0.25, -0.2) is 4.79 Å². The number of nitrogens with zero attached hydrogens (tertiary/aromatic N) is 2. The average molecular weight is 360 g/mol. The van der Waals surface area contributed by atoms with E-state index < -0.39 is 5.60 Å². The zero-order valence-corrected chi connectivity index (χ0v) is 16.5. The van der Waals surface area contributed by atoms with Crippen LogP contribution in [0.4, 0.5) is 4.79 Å². The molecule has 5 heteroatoms. The molecule has 1 aromatic rings.